The maximum Gasteiger partial charge on any atom is 0.410 e. The molecule has 0 saturated carbocycles. The molecule has 28 heavy (non-hydrogen) atoms. The summed E-state index contributed by atoms with van der Waals surface area (Å²) < 4.78 is 11.4. The molecular weight excluding hydrogens is 356 g/mol. The molecule has 2 N–H and O–H groups in total. The minimum atomic E-state index is -0.545. The number of nitrogens with zero attached hydrogens (tertiary/aromatic N) is 1. The van der Waals surface area contributed by atoms with E-state index >= 15 is 0 Å². The zero-order valence-corrected chi connectivity index (χ0v) is 16.5. The van der Waals surface area contributed by atoms with Crippen LogP contribution in [0.5, 0.6) is 5.75 Å². The summed E-state index contributed by atoms with van der Waals surface area (Å²) >= 11 is 0. The number of amides is 2. The Kier molecular flexibility index (Phi) is 5.58. The zero-order valence-electron chi connectivity index (χ0n) is 16.5. The molecule has 0 atom stereocenters. The molecule has 6 nitrogen and oxygen atoms in total. The average Bonchev–Trinajstić information content (AvgIpc) is 2.64. The second-order valence-corrected chi connectivity index (χ2v) is 7.91. The smallest absolute Gasteiger partial charge is 0.410 e. The lowest BCUT2D eigenvalue weighted by molar-refractivity contribution is 0.0223. The molecule has 0 saturated heterocycles. The summed E-state index contributed by atoms with van der Waals surface area (Å²) in [4.78, 5) is 26.0. The van der Waals surface area contributed by atoms with Crippen LogP contribution < -0.4 is 10.5 Å². The number of fused-ring (bicyclic) bond motifs is 1. The van der Waals surface area contributed by atoms with Gasteiger partial charge >= 0.3 is 6.09 Å². The van der Waals surface area contributed by atoms with Gasteiger partial charge in [0.05, 0.1) is 5.56 Å². The molecule has 148 valence electrons. The van der Waals surface area contributed by atoms with E-state index < -0.39 is 11.5 Å². The molecule has 1 aliphatic rings. The molecule has 0 spiro atoms. The third-order valence-electron chi connectivity index (χ3n) is 4.47. The molecule has 2 amide bonds. The van der Waals surface area contributed by atoms with Gasteiger partial charge in [0.25, 0.3) is 5.91 Å². The van der Waals surface area contributed by atoms with Crippen molar-refractivity contribution >= 4 is 12.0 Å². The molecule has 0 radical (unpaired) electrons. The number of hydrogen-bond acceptors (Lipinski definition) is 4. The van der Waals surface area contributed by atoms with Gasteiger partial charge in [-0.2, -0.15) is 0 Å². The quantitative estimate of drug-likeness (QED) is 0.875. The Morgan fingerprint density at radius 1 is 1.11 bits per heavy atom. The van der Waals surface area contributed by atoms with Crippen molar-refractivity contribution in [1.82, 2.24) is 4.90 Å². The predicted molar refractivity (Wildman–Crippen MR) is 106 cm³/mol. The van der Waals surface area contributed by atoms with Crippen LogP contribution in [-0.2, 0) is 24.3 Å². The van der Waals surface area contributed by atoms with Crippen molar-refractivity contribution < 1.29 is 19.1 Å². The van der Waals surface area contributed by atoms with Gasteiger partial charge in [-0.1, -0.05) is 30.3 Å². The van der Waals surface area contributed by atoms with Crippen LogP contribution in [0.15, 0.2) is 42.5 Å². The lowest BCUT2D eigenvalue weighted by Gasteiger charge is -2.31. The largest absolute Gasteiger partial charge is 0.488 e. The molecule has 0 fully saturated rings. The van der Waals surface area contributed by atoms with Gasteiger partial charge in [0.1, 0.15) is 18.0 Å². The number of rotatable bonds is 4. The minimum absolute atomic E-state index is 0.329. The van der Waals surface area contributed by atoms with Crippen LogP contribution in [0.3, 0.4) is 0 Å². The zero-order chi connectivity index (χ0) is 20.3. The number of ether oxygens (including phenoxy) is 2. The lowest BCUT2D eigenvalue weighted by atomic mass is 9.96. The number of benzene rings is 2. The Labute approximate surface area is 165 Å². The fraction of sp³-hybridized carbons (Fsp3) is 0.364. The average molecular weight is 382 g/mol. The number of nitrogens with two attached hydrogens (primary N) is 1. The highest BCUT2D eigenvalue weighted by Crippen LogP contribution is 2.29. The van der Waals surface area contributed by atoms with E-state index in [0.29, 0.717) is 37.4 Å². The van der Waals surface area contributed by atoms with E-state index in [1.54, 1.807) is 11.0 Å². The Bertz CT molecular complexity index is 872. The Morgan fingerprint density at radius 3 is 2.46 bits per heavy atom. The second-order valence-electron chi connectivity index (χ2n) is 7.91. The standard InChI is InChI=1S/C22H26N2O4/c1-22(2,3)28-21(26)24-10-9-16-11-18(20(23)25)19(12-17(16)13-24)27-14-15-7-5-4-6-8-15/h4-8,11-12H,9-10,13-14H2,1-3H3,(H2,23,25). The van der Waals surface area contributed by atoms with Gasteiger partial charge in [-0.15, -0.1) is 0 Å². The van der Waals surface area contributed by atoms with E-state index in [1.165, 1.54) is 0 Å². The van der Waals surface area contributed by atoms with Crippen molar-refractivity contribution in [1.29, 1.82) is 0 Å². The first kappa shape index (κ1) is 19.7. The molecular formula is C22H26N2O4. The van der Waals surface area contributed by atoms with Crippen molar-refractivity contribution in [3.8, 4) is 5.75 Å². The first-order chi connectivity index (χ1) is 13.2. The van der Waals surface area contributed by atoms with Gasteiger partial charge in [-0.3, -0.25) is 4.79 Å². The van der Waals surface area contributed by atoms with Crippen LogP contribution >= 0.6 is 0 Å². The van der Waals surface area contributed by atoms with Crippen molar-refractivity contribution in [3.63, 3.8) is 0 Å². The van der Waals surface area contributed by atoms with Crippen LogP contribution in [0.25, 0.3) is 0 Å². The van der Waals surface area contributed by atoms with Gasteiger partial charge in [-0.25, -0.2) is 4.79 Å². The highest BCUT2D eigenvalue weighted by Gasteiger charge is 2.27. The first-order valence-corrected chi connectivity index (χ1v) is 9.33. The second kappa shape index (κ2) is 7.92. The molecule has 0 bridgehead atoms. The van der Waals surface area contributed by atoms with Crippen LogP contribution in [0.4, 0.5) is 4.79 Å². The molecule has 0 unspecified atom stereocenters. The summed E-state index contributed by atoms with van der Waals surface area (Å²) in [6.07, 6.45) is 0.289. The fourth-order valence-electron chi connectivity index (χ4n) is 3.12. The minimum Gasteiger partial charge on any atom is -0.488 e. The maximum atomic E-state index is 12.4. The summed E-state index contributed by atoms with van der Waals surface area (Å²) in [5.74, 6) is -0.0958. The highest BCUT2D eigenvalue weighted by atomic mass is 16.6. The van der Waals surface area contributed by atoms with Crippen molar-refractivity contribution in [2.24, 2.45) is 5.73 Å². The highest BCUT2D eigenvalue weighted by molar-refractivity contribution is 5.96. The summed E-state index contributed by atoms with van der Waals surface area (Å²) in [6, 6.07) is 13.3. The fourth-order valence-corrected chi connectivity index (χ4v) is 3.12. The molecule has 0 aliphatic carbocycles. The van der Waals surface area contributed by atoms with Gasteiger partial charge < -0.3 is 20.1 Å². The number of primary amides is 1. The maximum absolute atomic E-state index is 12.4. The van der Waals surface area contributed by atoms with Crippen molar-refractivity contribution in [2.75, 3.05) is 6.54 Å². The SMILES string of the molecule is CC(C)(C)OC(=O)N1CCc2cc(C(N)=O)c(OCc3ccccc3)cc2C1. The van der Waals surface area contributed by atoms with Crippen LogP contribution in [0, 0.1) is 0 Å². The van der Waals surface area contributed by atoms with Gasteiger partial charge in [0.2, 0.25) is 0 Å². The predicted octanol–water partition coefficient (Wildman–Crippen LogP) is 3.66. The van der Waals surface area contributed by atoms with Gasteiger partial charge in [0.15, 0.2) is 0 Å². The summed E-state index contributed by atoms with van der Waals surface area (Å²) in [5.41, 5.74) is 8.30. The lowest BCUT2D eigenvalue weighted by Crippen LogP contribution is -2.40. The first-order valence-electron chi connectivity index (χ1n) is 9.33. The van der Waals surface area contributed by atoms with Gasteiger partial charge in [-0.05, 0) is 56.0 Å². The van der Waals surface area contributed by atoms with Gasteiger partial charge in [0, 0.05) is 13.1 Å². The monoisotopic (exact) mass is 382 g/mol. The van der Waals surface area contributed by atoms with E-state index in [0.717, 1.165) is 16.7 Å². The van der Waals surface area contributed by atoms with Crippen molar-refractivity contribution in [2.45, 2.75) is 45.9 Å². The van der Waals surface area contributed by atoms with E-state index in [-0.39, 0.29) is 6.09 Å². The Morgan fingerprint density at radius 2 is 1.82 bits per heavy atom. The molecule has 0 aromatic heterocycles. The summed E-state index contributed by atoms with van der Waals surface area (Å²) in [5, 5.41) is 0. The van der Waals surface area contributed by atoms with E-state index in [9.17, 15) is 9.59 Å². The van der Waals surface area contributed by atoms with E-state index in [4.69, 9.17) is 15.2 Å². The summed E-state index contributed by atoms with van der Waals surface area (Å²) in [6.45, 7) is 6.80. The van der Waals surface area contributed by atoms with E-state index in [2.05, 4.69) is 0 Å². The van der Waals surface area contributed by atoms with E-state index in [1.807, 2.05) is 57.2 Å². The molecule has 2 aromatic carbocycles. The molecule has 6 heteroatoms. The number of carbonyl (C=O) groups is 2. The third kappa shape index (κ3) is 4.82. The third-order valence-corrected chi connectivity index (χ3v) is 4.47. The topological polar surface area (TPSA) is 81.9 Å². The number of hydrogen-bond donors (Lipinski definition) is 1. The molecule has 3 rings (SSSR count). The molecule has 1 aliphatic heterocycles. The van der Waals surface area contributed by atoms with Crippen LogP contribution in [0.1, 0.15) is 47.8 Å². The molecule has 2 aromatic rings. The number of carbonyl (C=O) groups excluding carboxylic acids is 2. The van der Waals surface area contributed by atoms with Crippen LogP contribution in [-0.4, -0.2) is 29.0 Å². The molecule has 1 heterocycles. The normalized spacial score (nSPS) is 13.6. The van der Waals surface area contributed by atoms with Crippen LogP contribution in [0.2, 0.25) is 0 Å². The Balaban J connectivity index is 1.81. The van der Waals surface area contributed by atoms with Crippen molar-refractivity contribution in [3.05, 3.63) is 64.7 Å². The summed E-state index contributed by atoms with van der Waals surface area (Å²) in [7, 11) is 0. The Hall–Kier alpha value is -3.02.